The van der Waals surface area contributed by atoms with E-state index < -0.39 is 0 Å². The quantitative estimate of drug-likeness (QED) is 0.741. The molecule has 2 heterocycles. The summed E-state index contributed by atoms with van der Waals surface area (Å²) in [5, 5.41) is 13.0. The van der Waals surface area contributed by atoms with Gasteiger partial charge in [0.25, 0.3) is 0 Å². The third-order valence-electron chi connectivity index (χ3n) is 3.48. The standard InChI is InChI=1S/C12H20N4O/c1-3-9-7-14-16-10(9)15-11(17)12(2)5-4-6-13-8-12/h7,13H,3-6,8H2,1-2H3,(H2,14,15,16,17). The van der Waals surface area contributed by atoms with Gasteiger partial charge in [0.15, 0.2) is 0 Å². The zero-order valence-electron chi connectivity index (χ0n) is 10.5. The molecule has 1 aromatic heterocycles. The molecule has 2 rings (SSSR count). The molecular weight excluding hydrogens is 216 g/mol. The van der Waals surface area contributed by atoms with Crippen molar-refractivity contribution >= 4 is 11.7 Å². The molecule has 1 unspecified atom stereocenters. The zero-order chi connectivity index (χ0) is 12.3. The van der Waals surface area contributed by atoms with Crippen LogP contribution in [0.3, 0.4) is 0 Å². The van der Waals surface area contributed by atoms with Gasteiger partial charge in [0.05, 0.1) is 11.6 Å². The first-order chi connectivity index (χ1) is 8.15. The van der Waals surface area contributed by atoms with Crippen LogP contribution in [0.5, 0.6) is 0 Å². The number of aryl methyl sites for hydroxylation is 1. The second-order valence-electron chi connectivity index (χ2n) is 4.92. The summed E-state index contributed by atoms with van der Waals surface area (Å²) in [4.78, 5) is 12.3. The van der Waals surface area contributed by atoms with Crippen molar-refractivity contribution < 1.29 is 4.79 Å². The predicted molar refractivity (Wildman–Crippen MR) is 66.8 cm³/mol. The number of carbonyl (C=O) groups excluding carboxylic acids is 1. The molecule has 17 heavy (non-hydrogen) atoms. The normalized spacial score (nSPS) is 24.6. The molecule has 1 fully saturated rings. The van der Waals surface area contributed by atoms with Crippen LogP contribution in [0.25, 0.3) is 0 Å². The first-order valence-electron chi connectivity index (χ1n) is 6.20. The maximum Gasteiger partial charge on any atom is 0.232 e. The number of anilines is 1. The molecule has 1 aliphatic rings. The van der Waals surface area contributed by atoms with E-state index in [0.717, 1.165) is 43.7 Å². The molecule has 0 radical (unpaired) electrons. The highest BCUT2D eigenvalue weighted by molar-refractivity contribution is 5.95. The van der Waals surface area contributed by atoms with Crippen molar-refractivity contribution in [2.45, 2.75) is 33.1 Å². The minimum absolute atomic E-state index is 0.0728. The van der Waals surface area contributed by atoms with Crippen molar-refractivity contribution in [3.8, 4) is 0 Å². The van der Waals surface area contributed by atoms with Crippen LogP contribution in [0, 0.1) is 5.41 Å². The lowest BCUT2D eigenvalue weighted by atomic mass is 9.82. The van der Waals surface area contributed by atoms with E-state index in [1.54, 1.807) is 6.20 Å². The molecule has 0 saturated carbocycles. The molecule has 0 bridgehead atoms. The van der Waals surface area contributed by atoms with Gasteiger partial charge in [-0.15, -0.1) is 0 Å². The number of piperidine rings is 1. The number of aromatic nitrogens is 2. The highest BCUT2D eigenvalue weighted by Gasteiger charge is 2.34. The zero-order valence-corrected chi connectivity index (χ0v) is 10.5. The Kier molecular flexibility index (Phi) is 3.47. The van der Waals surface area contributed by atoms with E-state index in [1.807, 2.05) is 13.8 Å². The highest BCUT2D eigenvalue weighted by Crippen LogP contribution is 2.27. The number of nitrogens with one attached hydrogen (secondary N) is 3. The summed E-state index contributed by atoms with van der Waals surface area (Å²) in [7, 11) is 0. The lowest BCUT2D eigenvalue weighted by Gasteiger charge is -2.32. The molecule has 1 saturated heterocycles. The van der Waals surface area contributed by atoms with Crippen LogP contribution in [-0.2, 0) is 11.2 Å². The second kappa shape index (κ2) is 4.87. The molecule has 0 spiro atoms. The van der Waals surface area contributed by atoms with E-state index in [2.05, 4.69) is 20.8 Å². The summed E-state index contributed by atoms with van der Waals surface area (Å²) in [6, 6.07) is 0. The maximum atomic E-state index is 12.3. The van der Waals surface area contributed by atoms with Crippen molar-refractivity contribution in [1.29, 1.82) is 0 Å². The molecule has 1 aliphatic heterocycles. The molecular formula is C12H20N4O. The molecule has 1 atom stereocenters. The molecule has 5 nitrogen and oxygen atoms in total. The lowest BCUT2D eigenvalue weighted by Crippen LogP contribution is -2.46. The van der Waals surface area contributed by atoms with Crippen LogP contribution in [0.2, 0.25) is 0 Å². The van der Waals surface area contributed by atoms with Gasteiger partial charge in [0.2, 0.25) is 5.91 Å². The number of H-pyrrole nitrogens is 1. The van der Waals surface area contributed by atoms with Crippen molar-refractivity contribution in [2.24, 2.45) is 5.41 Å². The fourth-order valence-corrected chi connectivity index (χ4v) is 2.20. The average Bonchev–Trinajstić information content (AvgIpc) is 2.77. The van der Waals surface area contributed by atoms with Gasteiger partial charge in [-0.1, -0.05) is 6.92 Å². The van der Waals surface area contributed by atoms with E-state index in [-0.39, 0.29) is 11.3 Å². The summed E-state index contributed by atoms with van der Waals surface area (Å²) in [5.41, 5.74) is 0.736. The van der Waals surface area contributed by atoms with E-state index in [0.29, 0.717) is 0 Å². The highest BCUT2D eigenvalue weighted by atomic mass is 16.2. The average molecular weight is 236 g/mol. The maximum absolute atomic E-state index is 12.3. The van der Waals surface area contributed by atoms with Crippen LogP contribution >= 0.6 is 0 Å². The second-order valence-corrected chi connectivity index (χ2v) is 4.92. The smallest absolute Gasteiger partial charge is 0.232 e. The molecule has 0 aliphatic carbocycles. The molecule has 1 aromatic rings. The van der Waals surface area contributed by atoms with Crippen LogP contribution in [0.1, 0.15) is 32.3 Å². The molecule has 94 valence electrons. The van der Waals surface area contributed by atoms with Crippen LogP contribution in [-0.4, -0.2) is 29.2 Å². The number of aromatic amines is 1. The van der Waals surface area contributed by atoms with Crippen LogP contribution in [0.4, 0.5) is 5.82 Å². The Labute approximate surface area is 101 Å². The Morgan fingerprint density at radius 1 is 1.65 bits per heavy atom. The third-order valence-corrected chi connectivity index (χ3v) is 3.48. The SMILES string of the molecule is CCc1cn[nH]c1NC(=O)C1(C)CCCNC1. The summed E-state index contributed by atoms with van der Waals surface area (Å²) in [6.45, 7) is 5.81. The van der Waals surface area contributed by atoms with Crippen molar-refractivity contribution in [3.63, 3.8) is 0 Å². The van der Waals surface area contributed by atoms with Crippen LogP contribution in [0.15, 0.2) is 6.20 Å². The van der Waals surface area contributed by atoms with E-state index in [9.17, 15) is 4.79 Å². The van der Waals surface area contributed by atoms with Gasteiger partial charge in [-0.3, -0.25) is 9.89 Å². The van der Waals surface area contributed by atoms with Gasteiger partial charge in [0.1, 0.15) is 5.82 Å². The molecule has 3 N–H and O–H groups in total. The summed E-state index contributed by atoms with van der Waals surface area (Å²) in [5.74, 6) is 0.813. The summed E-state index contributed by atoms with van der Waals surface area (Å²) in [6.07, 6.45) is 4.60. The topological polar surface area (TPSA) is 69.8 Å². The Hall–Kier alpha value is -1.36. The van der Waals surface area contributed by atoms with Crippen molar-refractivity contribution in [1.82, 2.24) is 15.5 Å². The minimum Gasteiger partial charge on any atom is -0.316 e. The lowest BCUT2D eigenvalue weighted by molar-refractivity contribution is -0.125. The Morgan fingerprint density at radius 2 is 2.47 bits per heavy atom. The number of nitrogens with zero attached hydrogens (tertiary/aromatic N) is 1. The molecule has 0 aromatic carbocycles. The summed E-state index contributed by atoms with van der Waals surface area (Å²) < 4.78 is 0. The number of amides is 1. The first-order valence-corrected chi connectivity index (χ1v) is 6.20. The van der Waals surface area contributed by atoms with E-state index >= 15 is 0 Å². The molecule has 1 amide bonds. The monoisotopic (exact) mass is 236 g/mol. The first kappa shape index (κ1) is 12.1. The van der Waals surface area contributed by atoms with Gasteiger partial charge in [0, 0.05) is 12.1 Å². The van der Waals surface area contributed by atoms with E-state index in [1.165, 1.54) is 0 Å². The Bertz CT molecular complexity index is 393. The number of hydrogen-bond acceptors (Lipinski definition) is 3. The Balaban J connectivity index is 2.05. The number of carbonyl (C=O) groups is 1. The summed E-state index contributed by atoms with van der Waals surface area (Å²) >= 11 is 0. The predicted octanol–water partition coefficient (Wildman–Crippen LogP) is 1.30. The van der Waals surface area contributed by atoms with E-state index in [4.69, 9.17) is 0 Å². The van der Waals surface area contributed by atoms with Gasteiger partial charge >= 0.3 is 0 Å². The molecule has 5 heteroatoms. The largest absolute Gasteiger partial charge is 0.316 e. The Morgan fingerprint density at radius 3 is 3.12 bits per heavy atom. The van der Waals surface area contributed by atoms with Crippen molar-refractivity contribution in [2.75, 3.05) is 18.4 Å². The van der Waals surface area contributed by atoms with Gasteiger partial charge in [-0.2, -0.15) is 5.10 Å². The fourth-order valence-electron chi connectivity index (χ4n) is 2.20. The van der Waals surface area contributed by atoms with Gasteiger partial charge in [-0.25, -0.2) is 0 Å². The van der Waals surface area contributed by atoms with Crippen molar-refractivity contribution in [3.05, 3.63) is 11.8 Å². The fraction of sp³-hybridized carbons (Fsp3) is 0.667. The number of hydrogen-bond donors (Lipinski definition) is 3. The van der Waals surface area contributed by atoms with Gasteiger partial charge < -0.3 is 10.6 Å². The van der Waals surface area contributed by atoms with Crippen LogP contribution < -0.4 is 10.6 Å². The third kappa shape index (κ3) is 2.49. The van der Waals surface area contributed by atoms with Gasteiger partial charge in [-0.05, 0) is 32.7 Å². The number of rotatable bonds is 3. The minimum atomic E-state index is -0.311.